The number of carbonyl (C=O) groups excluding carboxylic acids is 13. The molecule has 5 aromatic rings. The van der Waals surface area contributed by atoms with Crippen LogP contribution in [0.3, 0.4) is 0 Å². The molecule has 36 heteroatoms. The second-order valence-electron chi connectivity index (χ2n) is 32.4. The Morgan fingerprint density at radius 2 is 1.17 bits per heavy atom. The molecule has 1 saturated heterocycles. The summed E-state index contributed by atoms with van der Waals surface area (Å²) in [7, 11) is 9.11. The predicted molar refractivity (Wildman–Crippen MR) is 484 cm³/mol. The summed E-state index contributed by atoms with van der Waals surface area (Å²) in [5.74, 6) is -6.96. The molecule has 7 rings (SSSR count). The molecule has 1 fully saturated rings. The van der Waals surface area contributed by atoms with Crippen LogP contribution in [0.5, 0.6) is 5.75 Å². The zero-order valence-corrected chi connectivity index (χ0v) is 77.5. The van der Waals surface area contributed by atoms with Crippen molar-refractivity contribution in [1.82, 2.24) is 51.9 Å². The van der Waals surface area contributed by atoms with Crippen LogP contribution in [0.15, 0.2) is 147 Å². The Bertz CT molecular complexity index is 4490. The maximum absolute atomic E-state index is 14.9. The number of amides is 14. The predicted octanol–water partition coefficient (Wildman–Crippen LogP) is 8.11. The third-order valence-electron chi connectivity index (χ3n) is 22.2. The zero-order valence-electron chi connectivity index (χ0n) is 75.9. The number of aliphatic hydroxyl groups excluding tert-OH is 1. The van der Waals surface area contributed by atoms with Crippen molar-refractivity contribution in [1.29, 1.82) is 0 Å². The number of hydrogen-bond acceptors (Lipinski definition) is 23. The van der Waals surface area contributed by atoms with E-state index in [9.17, 15) is 67.4 Å². The quantitative estimate of drug-likeness (QED) is 0.0130. The van der Waals surface area contributed by atoms with Gasteiger partial charge in [-0.05, 0) is 152 Å². The maximum atomic E-state index is 14.9. The molecule has 0 spiro atoms. The lowest BCUT2D eigenvalue weighted by molar-refractivity contribution is -0.148. The van der Waals surface area contributed by atoms with Crippen LogP contribution in [-0.2, 0) is 78.2 Å². The SMILES string of the molecule is CCC(C)[C@@H]([C@@H](CC(=O)N1CCC[C@H]1[C@H](OC)[C@@H](C)C(=O)N[C@H](C)[C@@H](O)c1ccccc1)OC)N(C)C(=O)[C@@H](NC(=O)[C@H](C(C)C)N(C)C(=O)OCc1ccc(NC(=O)[C@H](CCCNC(N)=O)NC(=O)[C@@H](NC(=O)COCCOCCOCCOc2ccc(N3C(=O)C(Sc4ccc(C(=O)NC)cc4)=C(Sc4ccc(C(=O)NC)cc4)C3=O)cc2)C(C)C)cc1)C(C)C. The smallest absolute Gasteiger partial charge is 0.410 e. The Labute approximate surface area is 757 Å². The van der Waals surface area contributed by atoms with Gasteiger partial charge in [0.05, 0.1) is 97.3 Å². The summed E-state index contributed by atoms with van der Waals surface area (Å²) in [4.78, 5) is 184. The lowest BCUT2D eigenvalue weighted by Crippen LogP contribution is -2.60. The van der Waals surface area contributed by atoms with Crippen molar-refractivity contribution in [3.8, 4) is 5.75 Å². The summed E-state index contributed by atoms with van der Waals surface area (Å²) in [6.45, 7) is 18.6. The molecular formula is C92H127N13O21S2. The highest BCUT2D eigenvalue weighted by molar-refractivity contribution is 8.08. The van der Waals surface area contributed by atoms with Gasteiger partial charge in [-0.25, -0.2) is 14.5 Å². The number of thioether (sulfide) groups is 2. The lowest BCUT2D eigenvalue weighted by atomic mass is 9.89. The summed E-state index contributed by atoms with van der Waals surface area (Å²) >= 11 is 2.20. The molecule has 14 amide bonds. The molecule has 5 aromatic carbocycles. The van der Waals surface area contributed by atoms with Crippen molar-refractivity contribution in [2.24, 2.45) is 35.3 Å². The first kappa shape index (κ1) is 104. The number of likely N-dealkylation sites (tertiary alicyclic amines) is 1. The van der Waals surface area contributed by atoms with Crippen molar-refractivity contribution in [3.63, 3.8) is 0 Å². The number of nitrogens with two attached hydrogens (primary N) is 1. The van der Waals surface area contributed by atoms with Gasteiger partial charge in [0.15, 0.2) is 0 Å². The van der Waals surface area contributed by atoms with Gasteiger partial charge in [-0.15, -0.1) is 0 Å². The van der Waals surface area contributed by atoms with E-state index in [-0.39, 0.29) is 111 Å². The van der Waals surface area contributed by atoms with Crippen LogP contribution in [-0.4, -0.2) is 253 Å². The number of carbonyl (C=O) groups is 13. The molecule has 2 aliphatic rings. The maximum Gasteiger partial charge on any atom is 0.410 e. The van der Waals surface area contributed by atoms with E-state index in [4.69, 9.17) is 38.9 Å². The lowest BCUT2D eigenvalue weighted by Gasteiger charge is -2.41. The highest BCUT2D eigenvalue weighted by atomic mass is 32.2. The third-order valence-corrected chi connectivity index (χ3v) is 24.5. The number of methoxy groups -OCH3 is 2. The van der Waals surface area contributed by atoms with Gasteiger partial charge < -0.3 is 96.3 Å². The fraction of sp³-hybridized carbons (Fsp3) is 0.511. The molecule has 0 bridgehead atoms. The second kappa shape index (κ2) is 51.9. The fourth-order valence-corrected chi connectivity index (χ4v) is 16.9. The van der Waals surface area contributed by atoms with Crippen molar-refractivity contribution in [2.45, 2.75) is 185 Å². The second-order valence-corrected chi connectivity index (χ2v) is 34.6. The van der Waals surface area contributed by atoms with Gasteiger partial charge in [-0.2, -0.15) is 0 Å². The molecule has 11 N–H and O–H groups in total. The number of rotatable bonds is 51. The van der Waals surface area contributed by atoms with E-state index < -0.39 is 144 Å². The first-order chi connectivity index (χ1) is 61.1. The number of primary amides is 1. The minimum Gasteiger partial charge on any atom is -0.491 e. The minimum absolute atomic E-state index is 0.0231. The molecule has 12 atom stereocenters. The van der Waals surface area contributed by atoms with Crippen LogP contribution in [0.1, 0.15) is 146 Å². The Kier molecular flexibility index (Phi) is 42.2. The molecule has 34 nitrogen and oxygen atoms in total. The summed E-state index contributed by atoms with van der Waals surface area (Å²) in [6, 6.07) is 28.1. The number of hydrogen-bond donors (Lipinski definition) is 10. The molecular weight excluding hydrogens is 1690 g/mol. The zero-order chi connectivity index (χ0) is 94.0. The van der Waals surface area contributed by atoms with Crippen LogP contribution in [0, 0.1) is 29.6 Å². The Balaban J connectivity index is 0.836. The van der Waals surface area contributed by atoms with Gasteiger partial charge in [-0.3, -0.25) is 57.6 Å². The minimum atomic E-state index is -1.17. The Morgan fingerprint density at radius 1 is 0.609 bits per heavy atom. The van der Waals surface area contributed by atoms with Crippen molar-refractivity contribution < 1.29 is 101 Å². The Morgan fingerprint density at radius 3 is 1.70 bits per heavy atom. The molecule has 0 saturated carbocycles. The topological polar surface area (TPSA) is 442 Å². The number of nitrogens with one attached hydrogen (secondary N) is 8. The van der Waals surface area contributed by atoms with Crippen molar-refractivity contribution in [3.05, 3.63) is 159 Å². The van der Waals surface area contributed by atoms with Crippen LogP contribution in [0.4, 0.5) is 21.0 Å². The summed E-state index contributed by atoms with van der Waals surface area (Å²) in [6.07, 6.45) is -1.26. The first-order valence-electron chi connectivity index (χ1n) is 43.0. The van der Waals surface area contributed by atoms with Gasteiger partial charge in [0, 0.05) is 82.1 Å². The molecule has 0 aromatic heterocycles. The average Bonchev–Trinajstić information content (AvgIpc) is 1.62. The highest BCUT2D eigenvalue weighted by Crippen LogP contribution is 2.45. The van der Waals surface area contributed by atoms with E-state index in [2.05, 4.69) is 42.5 Å². The Hall–Kier alpha value is -11.0. The van der Waals surface area contributed by atoms with Gasteiger partial charge in [0.25, 0.3) is 23.6 Å². The first-order valence-corrected chi connectivity index (χ1v) is 44.7. The van der Waals surface area contributed by atoms with Crippen LogP contribution in [0.2, 0.25) is 0 Å². The molecule has 2 aliphatic heterocycles. The van der Waals surface area contributed by atoms with Crippen LogP contribution in [0.25, 0.3) is 0 Å². The van der Waals surface area contributed by atoms with E-state index in [0.717, 1.165) is 28.4 Å². The van der Waals surface area contributed by atoms with Gasteiger partial charge in [-0.1, -0.05) is 135 Å². The third kappa shape index (κ3) is 30.1. The molecule has 128 heavy (non-hydrogen) atoms. The molecule has 698 valence electrons. The molecule has 2 heterocycles. The van der Waals surface area contributed by atoms with Gasteiger partial charge in [0.1, 0.15) is 49.7 Å². The van der Waals surface area contributed by atoms with Crippen LogP contribution >= 0.6 is 23.5 Å². The summed E-state index contributed by atoms with van der Waals surface area (Å²) in [5, 5.41) is 32.7. The molecule has 0 radical (unpaired) electrons. The number of imide groups is 1. The number of nitrogens with zero attached hydrogens (tertiary/aromatic N) is 4. The van der Waals surface area contributed by atoms with Gasteiger partial charge >= 0.3 is 12.1 Å². The monoisotopic (exact) mass is 1810 g/mol. The largest absolute Gasteiger partial charge is 0.491 e. The number of aliphatic hydroxyl groups is 1. The average molecular weight is 1820 g/mol. The van der Waals surface area contributed by atoms with E-state index in [1.807, 2.05) is 32.0 Å². The van der Waals surface area contributed by atoms with E-state index in [1.54, 1.807) is 181 Å². The van der Waals surface area contributed by atoms with Crippen molar-refractivity contribution >= 4 is 112 Å². The molecule has 0 aliphatic carbocycles. The van der Waals surface area contributed by atoms with Crippen LogP contribution < -0.4 is 57.9 Å². The number of likely N-dealkylation sites (N-methyl/N-ethyl adjacent to an activating group) is 2. The van der Waals surface area contributed by atoms with E-state index in [0.29, 0.717) is 75.0 Å². The van der Waals surface area contributed by atoms with Gasteiger partial charge in [0.2, 0.25) is 41.4 Å². The van der Waals surface area contributed by atoms with E-state index >= 15 is 0 Å². The van der Waals surface area contributed by atoms with E-state index in [1.165, 1.54) is 40.3 Å². The standard InChI is InChI=1S/C92H127N13O21S2/c1-17-57(8)77(71(120-15)51-73(107)104-44-22-26-70(104)79(121-16)58(9)82(109)97-59(10)78(108)61-23-19-18-20-24-61)102(13)88(115)75(55(4)5)101-87(114)76(56(6)7)103(14)92(119)126-52-60-27-33-64(34-28-60)98-85(112)69(25-21-43-96-91(93)118)99-86(113)74(54(2)3)100-72(106)53-124-48-47-122-45-46-123-49-50-125-66-37-35-65(36-38-66)105-89(116)80(127-67-39-29-62(30-40-67)83(110)94-11)81(90(105)117)128-68-41-31-63(32-42-68)84(111)95-12/h18-20,23-24,27-42,54-59,69-71,74-79,108H,17,21-22,25-26,43-53H2,1-16H3,(H,94,110)(H,95,111)(H,97,109)(H,98,112)(H,99,113)(H,100,106)(H,101,114)(H3,93,96,118)/t57?,58-,59-,69+,70+,71-,74+,75+,76+,77+,78-,79-/m1/s1. The van der Waals surface area contributed by atoms with Crippen molar-refractivity contribution in [2.75, 3.05) is 112 Å². The number of urea groups is 1. The highest BCUT2D eigenvalue weighted by Gasteiger charge is 2.46. The number of anilines is 2. The molecule has 1 unspecified atom stereocenters. The summed E-state index contributed by atoms with van der Waals surface area (Å²) in [5.41, 5.74) is 7.93. The summed E-state index contributed by atoms with van der Waals surface area (Å²) < 4.78 is 40.5. The number of benzene rings is 5. The number of ether oxygens (including phenoxy) is 7. The normalized spacial score (nSPS) is 15.9. The fourth-order valence-electron chi connectivity index (χ4n) is 14.9.